The Morgan fingerprint density at radius 2 is 1.71 bits per heavy atom. The lowest BCUT2D eigenvalue weighted by molar-refractivity contribution is 0.0270. The van der Waals surface area contributed by atoms with Gasteiger partial charge in [-0.15, -0.1) is 0 Å². The maximum atomic E-state index is 13.9. The van der Waals surface area contributed by atoms with Crippen LogP contribution in [0.1, 0.15) is 64.7 Å². The van der Waals surface area contributed by atoms with Gasteiger partial charge < -0.3 is 19.1 Å². The number of amides is 2. The Hall–Kier alpha value is -4.34. The van der Waals surface area contributed by atoms with Crippen LogP contribution in [0.4, 0.5) is 21.1 Å². The number of hydrogen-bond donors (Lipinski definition) is 0. The summed E-state index contributed by atoms with van der Waals surface area (Å²) >= 11 is 0. The quantitative estimate of drug-likeness (QED) is 0.333. The third-order valence-electron chi connectivity index (χ3n) is 6.93. The Labute approximate surface area is 246 Å². The summed E-state index contributed by atoms with van der Waals surface area (Å²) in [6, 6.07) is 5.92. The molecule has 2 aliphatic rings. The van der Waals surface area contributed by atoms with Crippen molar-refractivity contribution in [3.8, 4) is 16.9 Å². The molecule has 4 heterocycles. The van der Waals surface area contributed by atoms with E-state index < -0.39 is 17.3 Å². The van der Waals surface area contributed by atoms with Gasteiger partial charge in [-0.05, 0) is 95.3 Å². The normalized spacial score (nSPS) is 15.2. The average Bonchev–Trinajstić information content (AvgIpc) is 3.24. The van der Waals surface area contributed by atoms with Crippen molar-refractivity contribution >= 4 is 29.3 Å². The molecular weight excluding hydrogens is 534 g/mol. The fourth-order valence-corrected chi connectivity index (χ4v) is 5.12. The second-order valence-electron chi connectivity index (χ2n) is 12.7. The smallest absolute Gasteiger partial charge is 0.420 e. The van der Waals surface area contributed by atoms with E-state index in [9.17, 15) is 9.59 Å². The molecule has 0 unspecified atom stereocenters. The molecule has 2 aliphatic heterocycles. The van der Waals surface area contributed by atoms with E-state index in [4.69, 9.17) is 14.2 Å². The minimum Gasteiger partial charge on any atom is -0.486 e. The first-order valence-electron chi connectivity index (χ1n) is 14.1. The maximum Gasteiger partial charge on any atom is 0.420 e. The number of fused-ring (bicyclic) bond motifs is 2. The standard InChI is InChI=1S/C32H39N5O5/c1-20-15-22(21-10-13-36(14-11-21)29(38)41-31(2,3)4)16-26-27(20)40-19-25-24(23-17-34-35(8)18-23)9-12-33-28(25)37(26)30(39)42-32(5,6)7/h9-10,12,15-18H,11,13-14,19H2,1-8H3. The highest BCUT2D eigenvalue weighted by Gasteiger charge is 2.35. The molecule has 222 valence electrons. The molecule has 0 bridgehead atoms. The van der Waals surface area contributed by atoms with Crippen molar-refractivity contribution in [3.05, 3.63) is 59.6 Å². The minimum atomic E-state index is -0.727. The third kappa shape index (κ3) is 6.12. The van der Waals surface area contributed by atoms with Gasteiger partial charge in [0.1, 0.15) is 29.4 Å². The fraction of sp³-hybridized carbons (Fsp3) is 0.438. The number of aryl methyl sites for hydroxylation is 2. The van der Waals surface area contributed by atoms with Gasteiger partial charge in [-0.1, -0.05) is 6.08 Å². The Morgan fingerprint density at radius 3 is 2.33 bits per heavy atom. The van der Waals surface area contributed by atoms with E-state index in [1.807, 2.05) is 79.9 Å². The van der Waals surface area contributed by atoms with E-state index in [1.165, 1.54) is 4.90 Å². The molecule has 10 heteroatoms. The maximum absolute atomic E-state index is 13.9. The summed E-state index contributed by atoms with van der Waals surface area (Å²) in [7, 11) is 1.86. The molecule has 0 saturated carbocycles. The van der Waals surface area contributed by atoms with Gasteiger partial charge in [0.2, 0.25) is 0 Å². The molecule has 0 spiro atoms. The van der Waals surface area contributed by atoms with Crippen LogP contribution in [-0.2, 0) is 23.1 Å². The molecule has 5 rings (SSSR count). The molecule has 0 radical (unpaired) electrons. The summed E-state index contributed by atoms with van der Waals surface area (Å²) in [4.78, 5) is 34.4. The van der Waals surface area contributed by atoms with E-state index in [0.29, 0.717) is 36.8 Å². The first-order chi connectivity index (χ1) is 19.7. The first-order valence-corrected chi connectivity index (χ1v) is 14.1. The van der Waals surface area contributed by atoms with Crippen molar-refractivity contribution in [2.45, 2.75) is 72.7 Å². The van der Waals surface area contributed by atoms with Crippen molar-refractivity contribution in [2.24, 2.45) is 7.05 Å². The molecule has 42 heavy (non-hydrogen) atoms. The summed E-state index contributed by atoms with van der Waals surface area (Å²) in [5.74, 6) is 1.04. The fourth-order valence-electron chi connectivity index (χ4n) is 5.12. The van der Waals surface area contributed by atoms with Crippen LogP contribution >= 0.6 is 0 Å². The lowest BCUT2D eigenvalue weighted by atomic mass is 9.96. The summed E-state index contributed by atoms with van der Waals surface area (Å²) in [6.45, 7) is 14.3. The largest absolute Gasteiger partial charge is 0.486 e. The lowest BCUT2D eigenvalue weighted by Crippen LogP contribution is -2.39. The van der Waals surface area contributed by atoms with Crippen LogP contribution in [-0.4, -0.2) is 56.1 Å². The van der Waals surface area contributed by atoms with Gasteiger partial charge in [-0.2, -0.15) is 5.10 Å². The van der Waals surface area contributed by atoms with Gasteiger partial charge in [0.25, 0.3) is 0 Å². The van der Waals surface area contributed by atoms with Crippen molar-refractivity contribution in [2.75, 3.05) is 18.0 Å². The Bertz CT molecular complexity index is 1560. The molecule has 3 aromatic rings. The number of nitrogens with zero attached hydrogens (tertiary/aromatic N) is 5. The van der Waals surface area contributed by atoms with Gasteiger partial charge in [-0.25, -0.2) is 19.5 Å². The number of carbonyl (C=O) groups excluding carboxylic acids is 2. The van der Waals surface area contributed by atoms with Crippen LogP contribution in [0.5, 0.6) is 5.75 Å². The highest BCUT2D eigenvalue weighted by Crippen LogP contribution is 2.45. The molecule has 0 N–H and O–H groups in total. The number of carbonyl (C=O) groups is 2. The molecule has 0 fully saturated rings. The number of hydrogen-bond acceptors (Lipinski definition) is 7. The van der Waals surface area contributed by atoms with E-state index in [-0.39, 0.29) is 12.7 Å². The second kappa shape index (κ2) is 10.8. The molecule has 2 amide bonds. The summed E-state index contributed by atoms with van der Waals surface area (Å²) in [5, 5.41) is 4.33. The molecule has 10 nitrogen and oxygen atoms in total. The number of aromatic nitrogens is 3. The molecule has 0 atom stereocenters. The number of anilines is 2. The third-order valence-corrected chi connectivity index (χ3v) is 6.93. The zero-order valence-corrected chi connectivity index (χ0v) is 25.6. The average molecular weight is 574 g/mol. The van der Waals surface area contributed by atoms with Crippen LogP contribution in [0.25, 0.3) is 16.7 Å². The van der Waals surface area contributed by atoms with Crippen LogP contribution < -0.4 is 9.64 Å². The van der Waals surface area contributed by atoms with E-state index in [1.54, 1.807) is 22.0 Å². The minimum absolute atomic E-state index is 0.216. The molecule has 1 aromatic carbocycles. The Morgan fingerprint density at radius 1 is 1.00 bits per heavy atom. The number of ether oxygens (including phenoxy) is 3. The number of pyridine rings is 1. The van der Waals surface area contributed by atoms with Crippen LogP contribution in [0, 0.1) is 6.92 Å². The Balaban J connectivity index is 1.58. The van der Waals surface area contributed by atoms with Crippen LogP contribution in [0.2, 0.25) is 0 Å². The SMILES string of the molecule is Cc1cc(C2=CCN(C(=O)OC(C)(C)C)CC2)cc2c1OCc1c(-c3cnn(C)c3)ccnc1N2C(=O)OC(C)(C)C. The molecule has 0 aliphatic carbocycles. The van der Waals surface area contributed by atoms with Gasteiger partial charge in [0.15, 0.2) is 0 Å². The summed E-state index contributed by atoms with van der Waals surface area (Å²) in [5.41, 5.74) is 4.71. The van der Waals surface area contributed by atoms with Crippen LogP contribution in [0.3, 0.4) is 0 Å². The monoisotopic (exact) mass is 573 g/mol. The van der Waals surface area contributed by atoms with Crippen molar-refractivity contribution in [1.29, 1.82) is 0 Å². The lowest BCUT2D eigenvalue weighted by Gasteiger charge is -2.30. The topological polar surface area (TPSA) is 99.0 Å². The molecular formula is C32H39N5O5. The van der Waals surface area contributed by atoms with Gasteiger partial charge in [0, 0.05) is 43.7 Å². The van der Waals surface area contributed by atoms with E-state index in [2.05, 4.69) is 16.1 Å². The van der Waals surface area contributed by atoms with Crippen LogP contribution in [0.15, 0.2) is 42.9 Å². The highest BCUT2D eigenvalue weighted by molar-refractivity contribution is 6.00. The second-order valence-corrected chi connectivity index (χ2v) is 12.7. The summed E-state index contributed by atoms with van der Waals surface area (Å²) in [6.07, 6.45) is 7.20. The van der Waals surface area contributed by atoms with Crippen molar-refractivity contribution in [3.63, 3.8) is 0 Å². The van der Waals surface area contributed by atoms with E-state index >= 15 is 0 Å². The Kier molecular flexibility index (Phi) is 7.51. The molecule has 2 aromatic heterocycles. The van der Waals surface area contributed by atoms with Crippen molar-refractivity contribution in [1.82, 2.24) is 19.7 Å². The van der Waals surface area contributed by atoms with Gasteiger partial charge in [-0.3, -0.25) is 4.68 Å². The van der Waals surface area contributed by atoms with E-state index in [0.717, 1.165) is 33.4 Å². The van der Waals surface area contributed by atoms with Gasteiger partial charge in [0.05, 0.1) is 11.9 Å². The summed E-state index contributed by atoms with van der Waals surface area (Å²) < 4.78 is 19.6. The highest BCUT2D eigenvalue weighted by atomic mass is 16.6. The predicted octanol–water partition coefficient (Wildman–Crippen LogP) is 6.78. The predicted molar refractivity (Wildman–Crippen MR) is 161 cm³/mol. The number of benzene rings is 1. The zero-order chi connectivity index (χ0) is 30.4. The van der Waals surface area contributed by atoms with Gasteiger partial charge >= 0.3 is 12.2 Å². The first kappa shape index (κ1) is 29.2. The molecule has 0 saturated heterocycles. The van der Waals surface area contributed by atoms with Crippen molar-refractivity contribution < 1.29 is 23.8 Å². The number of rotatable bonds is 2. The zero-order valence-electron chi connectivity index (χ0n) is 25.6.